The third kappa shape index (κ3) is 6.05. The fourth-order valence-electron chi connectivity index (χ4n) is 3.85. The normalized spacial score (nSPS) is 16.9. The van der Waals surface area contributed by atoms with Gasteiger partial charge in [0.05, 0.1) is 0 Å². The Hall–Kier alpha value is -2.97. The van der Waals surface area contributed by atoms with Crippen molar-refractivity contribution in [2.24, 2.45) is 5.92 Å². The van der Waals surface area contributed by atoms with Crippen molar-refractivity contribution in [2.45, 2.75) is 58.5 Å². The van der Waals surface area contributed by atoms with Gasteiger partial charge in [-0.05, 0) is 64.2 Å². The summed E-state index contributed by atoms with van der Waals surface area (Å²) in [6.07, 6.45) is 2.06. The lowest BCUT2D eigenvalue weighted by molar-refractivity contribution is -0.124. The average Bonchev–Trinajstić information content (AvgIpc) is 3.22. The number of amides is 4. The molecule has 9 heteroatoms. The number of nitrogens with one attached hydrogen (secondary N) is 3. The maximum absolute atomic E-state index is 12.9. The number of urea groups is 1. The highest BCUT2D eigenvalue weighted by molar-refractivity contribution is 5.98. The molecule has 1 saturated heterocycles. The number of hydrogen-bond acceptors (Lipinski definition) is 5. The van der Waals surface area contributed by atoms with Gasteiger partial charge in [0.1, 0.15) is 6.04 Å². The van der Waals surface area contributed by atoms with Crippen LogP contribution >= 0.6 is 0 Å². The topological polar surface area (TPSA) is 109 Å². The van der Waals surface area contributed by atoms with E-state index < -0.39 is 6.04 Å². The zero-order valence-electron chi connectivity index (χ0n) is 19.3. The van der Waals surface area contributed by atoms with E-state index >= 15 is 0 Å². The van der Waals surface area contributed by atoms with Gasteiger partial charge in [0.2, 0.25) is 12.7 Å². The Bertz CT molecular complexity index is 843. The highest BCUT2D eigenvalue weighted by Crippen LogP contribution is 2.32. The molecule has 3 N–H and O–H groups in total. The standard InChI is InChI=1S/C23H34N4O5/c1-5-10-24-21(29)19(15-8-11-27(12-9-15)22(30)26-23(2,3)4)25-20(28)16-6-7-17-18(13-16)32-14-31-17/h6-7,13,15,19H,5,8-12,14H2,1-4H3,(H,24,29)(H,25,28)(H,26,30)/t19-/m0/s1. The number of hydrogen-bond donors (Lipinski definition) is 3. The van der Waals surface area contributed by atoms with E-state index in [1.54, 1.807) is 23.1 Å². The third-order valence-electron chi connectivity index (χ3n) is 5.53. The summed E-state index contributed by atoms with van der Waals surface area (Å²) in [6.45, 7) is 9.54. The molecule has 0 bridgehead atoms. The van der Waals surface area contributed by atoms with E-state index in [-0.39, 0.29) is 36.1 Å². The molecule has 176 valence electrons. The van der Waals surface area contributed by atoms with Crippen molar-refractivity contribution in [3.8, 4) is 11.5 Å². The zero-order valence-corrected chi connectivity index (χ0v) is 19.3. The molecule has 4 amide bonds. The van der Waals surface area contributed by atoms with E-state index in [2.05, 4.69) is 16.0 Å². The largest absolute Gasteiger partial charge is 0.454 e. The first-order chi connectivity index (χ1) is 15.2. The molecule has 0 saturated carbocycles. The summed E-state index contributed by atoms with van der Waals surface area (Å²) in [5.74, 6) is 0.511. The summed E-state index contributed by atoms with van der Waals surface area (Å²) in [6, 6.07) is 4.19. The van der Waals surface area contributed by atoms with Crippen molar-refractivity contribution in [3.63, 3.8) is 0 Å². The second-order valence-electron chi connectivity index (χ2n) is 9.31. The van der Waals surface area contributed by atoms with E-state index in [1.807, 2.05) is 27.7 Å². The molecule has 1 aromatic carbocycles. The highest BCUT2D eigenvalue weighted by Gasteiger charge is 2.34. The lowest BCUT2D eigenvalue weighted by Gasteiger charge is -2.37. The van der Waals surface area contributed by atoms with Crippen molar-refractivity contribution >= 4 is 17.8 Å². The first-order valence-electron chi connectivity index (χ1n) is 11.2. The Morgan fingerprint density at radius 2 is 1.81 bits per heavy atom. The number of piperidine rings is 1. The molecule has 1 atom stereocenters. The summed E-state index contributed by atoms with van der Waals surface area (Å²) in [5.41, 5.74) is 0.0966. The minimum atomic E-state index is -0.674. The van der Waals surface area contributed by atoms with Gasteiger partial charge < -0.3 is 30.3 Å². The van der Waals surface area contributed by atoms with Crippen molar-refractivity contribution in [2.75, 3.05) is 26.4 Å². The Morgan fingerprint density at radius 1 is 1.12 bits per heavy atom. The van der Waals surface area contributed by atoms with Crippen molar-refractivity contribution < 1.29 is 23.9 Å². The summed E-state index contributed by atoms with van der Waals surface area (Å²) in [4.78, 5) is 40.1. The number of fused-ring (bicyclic) bond motifs is 1. The van der Waals surface area contributed by atoms with Gasteiger partial charge in [0, 0.05) is 30.7 Å². The Kier molecular flexibility index (Phi) is 7.48. The lowest BCUT2D eigenvalue weighted by Crippen LogP contribution is -2.55. The van der Waals surface area contributed by atoms with Crippen molar-refractivity contribution in [3.05, 3.63) is 23.8 Å². The van der Waals surface area contributed by atoms with Crippen molar-refractivity contribution in [1.82, 2.24) is 20.9 Å². The van der Waals surface area contributed by atoms with Crippen LogP contribution in [-0.2, 0) is 4.79 Å². The van der Waals surface area contributed by atoms with Crippen LogP contribution in [0.2, 0.25) is 0 Å². The molecule has 0 unspecified atom stereocenters. The van der Waals surface area contributed by atoms with Gasteiger partial charge in [-0.2, -0.15) is 0 Å². The fraction of sp³-hybridized carbons (Fsp3) is 0.609. The SMILES string of the molecule is CCCNC(=O)[C@@H](NC(=O)c1ccc2c(c1)OCO2)C1CCN(C(=O)NC(C)(C)C)CC1. The molecule has 0 aromatic heterocycles. The maximum atomic E-state index is 12.9. The third-order valence-corrected chi connectivity index (χ3v) is 5.53. The number of carbonyl (C=O) groups excluding carboxylic acids is 3. The van der Waals surface area contributed by atoms with E-state index in [0.29, 0.717) is 49.5 Å². The summed E-state index contributed by atoms with van der Waals surface area (Å²) >= 11 is 0. The monoisotopic (exact) mass is 446 g/mol. The van der Waals surface area contributed by atoms with Crippen molar-refractivity contribution in [1.29, 1.82) is 0 Å². The van der Waals surface area contributed by atoms with Crippen LogP contribution in [0.3, 0.4) is 0 Å². The number of benzene rings is 1. The first-order valence-corrected chi connectivity index (χ1v) is 11.2. The molecule has 0 spiro atoms. The minimum Gasteiger partial charge on any atom is -0.454 e. The number of rotatable bonds is 6. The van der Waals surface area contributed by atoms with E-state index in [1.165, 1.54) is 0 Å². The molecule has 2 heterocycles. The molecule has 2 aliphatic heterocycles. The molecular formula is C23H34N4O5. The van der Waals surface area contributed by atoms with Crippen LogP contribution in [0.1, 0.15) is 57.3 Å². The van der Waals surface area contributed by atoms with Crippen LogP contribution in [0.5, 0.6) is 11.5 Å². The quantitative estimate of drug-likeness (QED) is 0.621. The lowest BCUT2D eigenvalue weighted by atomic mass is 9.88. The van der Waals surface area contributed by atoms with Gasteiger partial charge in [-0.25, -0.2) is 4.79 Å². The molecule has 1 fully saturated rings. The van der Waals surface area contributed by atoms with Crippen LogP contribution in [-0.4, -0.2) is 60.8 Å². The molecule has 0 radical (unpaired) electrons. The average molecular weight is 447 g/mol. The highest BCUT2D eigenvalue weighted by atomic mass is 16.7. The predicted molar refractivity (Wildman–Crippen MR) is 120 cm³/mol. The number of carbonyl (C=O) groups is 3. The molecule has 32 heavy (non-hydrogen) atoms. The molecular weight excluding hydrogens is 412 g/mol. The van der Waals surface area contributed by atoms with Gasteiger partial charge in [-0.3, -0.25) is 9.59 Å². The minimum absolute atomic E-state index is 0.0662. The number of ether oxygens (including phenoxy) is 2. The number of nitrogens with zero attached hydrogens (tertiary/aromatic N) is 1. The van der Waals surface area contributed by atoms with Gasteiger partial charge in [0.25, 0.3) is 5.91 Å². The van der Waals surface area contributed by atoms with Gasteiger partial charge in [0.15, 0.2) is 11.5 Å². The summed E-state index contributed by atoms with van der Waals surface area (Å²) < 4.78 is 10.7. The molecule has 2 aliphatic rings. The van der Waals surface area contributed by atoms with Crippen LogP contribution in [0.25, 0.3) is 0 Å². The van der Waals surface area contributed by atoms with Gasteiger partial charge in [-0.15, -0.1) is 0 Å². The maximum Gasteiger partial charge on any atom is 0.317 e. The van der Waals surface area contributed by atoms with Crippen LogP contribution in [0.4, 0.5) is 4.79 Å². The molecule has 9 nitrogen and oxygen atoms in total. The second kappa shape index (κ2) is 10.1. The van der Waals surface area contributed by atoms with Gasteiger partial charge in [-0.1, -0.05) is 6.92 Å². The van der Waals surface area contributed by atoms with Gasteiger partial charge >= 0.3 is 6.03 Å². The number of likely N-dealkylation sites (tertiary alicyclic amines) is 1. The zero-order chi connectivity index (χ0) is 23.3. The Balaban J connectivity index is 1.66. The predicted octanol–water partition coefficient (Wildman–Crippen LogP) is 2.26. The van der Waals surface area contributed by atoms with Crippen LogP contribution in [0.15, 0.2) is 18.2 Å². The van der Waals surface area contributed by atoms with Crippen LogP contribution < -0.4 is 25.4 Å². The molecule has 1 aromatic rings. The van der Waals surface area contributed by atoms with Crippen LogP contribution in [0, 0.1) is 5.92 Å². The molecule has 0 aliphatic carbocycles. The Morgan fingerprint density at radius 3 is 2.47 bits per heavy atom. The smallest absolute Gasteiger partial charge is 0.317 e. The summed E-state index contributed by atoms with van der Waals surface area (Å²) in [5, 5.41) is 8.79. The first kappa shape index (κ1) is 23.7. The Labute approximate surface area is 189 Å². The van der Waals surface area contributed by atoms with E-state index in [4.69, 9.17) is 9.47 Å². The fourth-order valence-corrected chi connectivity index (χ4v) is 3.85. The summed E-state index contributed by atoms with van der Waals surface area (Å²) in [7, 11) is 0. The molecule has 3 rings (SSSR count). The van der Waals surface area contributed by atoms with E-state index in [0.717, 1.165) is 6.42 Å². The second-order valence-corrected chi connectivity index (χ2v) is 9.31. The van der Waals surface area contributed by atoms with E-state index in [9.17, 15) is 14.4 Å².